The Labute approximate surface area is 142 Å². The first kappa shape index (κ1) is 17.7. The number of nitrogens with zero attached hydrogens (tertiary/aromatic N) is 1. The molecule has 1 heterocycles. The maximum Gasteiger partial charge on any atom is 0.336 e. The van der Waals surface area contributed by atoms with Crippen LogP contribution in [0.4, 0.5) is 0 Å². The van der Waals surface area contributed by atoms with Gasteiger partial charge in [-0.3, -0.25) is 0 Å². The van der Waals surface area contributed by atoms with Gasteiger partial charge in [0.25, 0.3) is 0 Å². The summed E-state index contributed by atoms with van der Waals surface area (Å²) in [5.74, 6) is -0.0366. The lowest BCUT2D eigenvalue weighted by Crippen LogP contribution is -2.11. The number of para-hydroxylation sites is 1. The molecule has 0 saturated heterocycles. The number of aromatic nitrogens is 1. The van der Waals surface area contributed by atoms with Crippen molar-refractivity contribution in [1.29, 1.82) is 0 Å². The topological polar surface area (TPSA) is 59.4 Å². The van der Waals surface area contributed by atoms with Gasteiger partial charge in [0.2, 0.25) is 5.88 Å². The fraction of sp³-hybridized carbons (Fsp3) is 0.300. The van der Waals surface area contributed by atoms with E-state index in [0.717, 1.165) is 11.1 Å². The van der Waals surface area contributed by atoms with Crippen molar-refractivity contribution >= 4 is 11.5 Å². The normalized spacial score (nSPS) is 11.0. The van der Waals surface area contributed by atoms with Crippen LogP contribution in [0.2, 0.25) is 0 Å². The van der Waals surface area contributed by atoms with Gasteiger partial charge >= 0.3 is 5.97 Å². The van der Waals surface area contributed by atoms with Crippen molar-refractivity contribution < 1.29 is 14.6 Å². The molecule has 1 aromatic heterocycles. The Bertz CT molecular complexity index is 781. The third kappa shape index (κ3) is 4.02. The Balaban J connectivity index is 2.46. The van der Waals surface area contributed by atoms with Crippen LogP contribution < -0.4 is 4.74 Å². The fourth-order valence-electron chi connectivity index (χ4n) is 2.41. The molecule has 0 saturated carbocycles. The average Bonchev–Trinajstić information content (AvgIpc) is 2.48. The molecule has 126 valence electrons. The van der Waals surface area contributed by atoms with E-state index in [9.17, 15) is 9.90 Å². The third-order valence-corrected chi connectivity index (χ3v) is 3.69. The lowest BCUT2D eigenvalue weighted by atomic mass is 9.88. The molecule has 0 aliphatic heterocycles. The molecular formula is C20H23NO3. The third-order valence-electron chi connectivity index (χ3n) is 3.69. The van der Waals surface area contributed by atoms with Gasteiger partial charge in [-0.1, -0.05) is 44.5 Å². The van der Waals surface area contributed by atoms with E-state index in [4.69, 9.17) is 4.74 Å². The molecule has 24 heavy (non-hydrogen) atoms. The predicted molar refractivity (Wildman–Crippen MR) is 95.4 cm³/mol. The van der Waals surface area contributed by atoms with E-state index in [1.165, 1.54) is 0 Å². The fourth-order valence-corrected chi connectivity index (χ4v) is 2.41. The maximum atomic E-state index is 11.6. The van der Waals surface area contributed by atoms with Crippen molar-refractivity contribution in [3.05, 3.63) is 59.3 Å². The van der Waals surface area contributed by atoms with Crippen molar-refractivity contribution in [2.45, 2.75) is 40.0 Å². The van der Waals surface area contributed by atoms with Gasteiger partial charge in [0.15, 0.2) is 0 Å². The first-order valence-electron chi connectivity index (χ1n) is 7.84. The molecule has 2 rings (SSSR count). The minimum Gasteiger partial charge on any atom is -0.478 e. The van der Waals surface area contributed by atoms with Gasteiger partial charge in [-0.2, -0.15) is 0 Å². The highest BCUT2D eigenvalue weighted by atomic mass is 16.5. The molecule has 0 unspecified atom stereocenters. The van der Waals surface area contributed by atoms with Gasteiger partial charge in [0.1, 0.15) is 5.75 Å². The van der Waals surface area contributed by atoms with Gasteiger partial charge in [-0.25, -0.2) is 9.78 Å². The molecule has 0 radical (unpaired) electrons. The first-order chi connectivity index (χ1) is 11.2. The lowest BCUT2D eigenvalue weighted by molar-refractivity contribution is -0.130. The number of carboxylic acid groups (broad SMARTS) is 1. The Kier molecular flexibility index (Phi) is 5.07. The highest BCUT2D eigenvalue weighted by Crippen LogP contribution is 2.32. The molecule has 0 atom stereocenters. The van der Waals surface area contributed by atoms with Crippen LogP contribution in [-0.2, 0) is 10.2 Å². The lowest BCUT2D eigenvalue weighted by Gasteiger charge is -2.19. The summed E-state index contributed by atoms with van der Waals surface area (Å²) in [4.78, 5) is 15.9. The standard InChI is InChI=1S/C20H23NO3/c1-13(2)18(19(22)23)15-8-6-7-9-16(15)24-17-12-14(10-11-21-17)20(3,4)5/h6-12H,1-5H3,(H,22,23). The molecule has 4 nitrogen and oxygen atoms in total. The summed E-state index contributed by atoms with van der Waals surface area (Å²) in [5.41, 5.74) is 2.60. The highest BCUT2D eigenvalue weighted by molar-refractivity contribution is 6.17. The molecular weight excluding hydrogens is 302 g/mol. The molecule has 0 aliphatic carbocycles. The number of benzene rings is 1. The molecule has 0 spiro atoms. The van der Waals surface area contributed by atoms with Crippen LogP contribution >= 0.6 is 0 Å². The second kappa shape index (κ2) is 6.87. The maximum absolute atomic E-state index is 11.6. The van der Waals surface area contributed by atoms with E-state index < -0.39 is 5.97 Å². The number of hydrogen-bond acceptors (Lipinski definition) is 3. The van der Waals surface area contributed by atoms with E-state index in [1.54, 1.807) is 38.2 Å². The van der Waals surface area contributed by atoms with Crippen LogP contribution in [-0.4, -0.2) is 16.1 Å². The molecule has 1 N–H and O–H groups in total. The van der Waals surface area contributed by atoms with E-state index in [-0.39, 0.29) is 11.0 Å². The number of aliphatic carboxylic acids is 1. The van der Waals surface area contributed by atoms with E-state index in [1.807, 2.05) is 18.2 Å². The molecule has 4 heteroatoms. The van der Waals surface area contributed by atoms with Crippen LogP contribution in [0.15, 0.2) is 48.2 Å². The molecule has 1 aromatic carbocycles. The Morgan fingerprint density at radius 2 is 1.79 bits per heavy atom. The second-order valence-corrected chi connectivity index (χ2v) is 6.91. The van der Waals surface area contributed by atoms with Crippen LogP contribution in [0.5, 0.6) is 11.6 Å². The van der Waals surface area contributed by atoms with E-state index in [0.29, 0.717) is 17.2 Å². The number of carboxylic acids is 1. The van der Waals surface area contributed by atoms with Crippen molar-refractivity contribution in [3.8, 4) is 11.6 Å². The average molecular weight is 325 g/mol. The highest BCUT2D eigenvalue weighted by Gasteiger charge is 2.19. The summed E-state index contributed by atoms with van der Waals surface area (Å²) in [6.45, 7) is 9.90. The Hall–Kier alpha value is -2.62. The number of ether oxygens (including phenoxy) is 1. The summed E-state index contributed by atoms with van der Waals surface area (Å²) < 4.78 is 5.92. The molecule has 0 amide bonds. The summed E-state index contributed by atoms with van der Waals surface area (Å²) >= 11 is 0. The molecule has 0 bridgehead atoms. The zero-order valence-corrected chi connectivity index (χ0v) is 14.8. The summed E-state index contributed by atoms with van der Waals surface area (Å²) in [5, 5.41) is 9.51. The quantitative estimate of drug-likeness (QED) is 0.799. The number of rotatable bonds is 4. The minimum atomic E-state index is -0.970. The largest absolute Gasteiger partial charge is 0.478 e. The van der Waals surface area contributed by atoms with Gasteiger partial charge in [0.05, 0.1) is 5.57 Å². The number of hydrogen-bond donors (Lipinski definition) is 1. The van der Waals surface area contributed by atoms with Crippen molar-refractivity contribution in [3.63, 3.8) is 0 Å². The summed E-state index contributed by atoms with van der Waals surface area (Å²) in [7, 11) is 0. The number of carbonyl (C=O) groups is 1. The van der Waals surface area contributed by atoms with Crippen LogP contribution in [0, 0.1) is 0 Å². The van der Waals surface area contributed by atoms with Gasteiger partial charge in [-0.05, 0) is 37.0 Å². The molecule has 0 aliphatic rings. The van der Waals surface area contributed by atoms with Crippen molar-refractivity contribution in [2.24, 2.45) is 0 Å². The summed E-state index contributed by atoms with van der Waals surface area (Å²) in [6, 6.07) is 11.0. The van der Waals surface area contributed by atoms with Gasteiger partial charge in [-0.15, -0.1) is 0 Å². The zero-order chi connectivity index (χ0) is 17.9. The van der Waals surface area contributed by atoms with Crippen molar-refractivity contribution in [2.75, 3.05) is 0 Å². The molecule has 2 aromatic rings. The Morgan fingerprint density at radius 3 is 2.38 bits per heavy atom. The van der Waals surface area contributed by atoms with Gasteiger partial charge in [0, 0.05) is 17.8 Å². The number of allylic oxidation sites excluding steroid dienone is 1. The summed E-state index contributed by atoms with van der Waals surface area (Å²) in [6.07, 6.45) is 1.71. The van der Waals surface area contributed by atoms with Crippen LogP contribution in [0.1, 0.15) is 45.7 Å². The zero-order valence-electron chi connectivity index (χ0n) is 14.8. The van der Waals surface area contributed by atoms with E-state index >= 15 is 0 Å². The number of pyridine rings is 1. The Morgan fingerprint density at radius 1 is 1.12 bits per heavy atom. The van der Waals surface area contributed by atoms with Crippen LogP contribution in [0.25, 0.3) is 5.57 Å². The smallest absolute Gasteiger partial charge is 0.336 e. The SMILES string of the molecule is CC(C)=C(C(=O)O)c1ccccc1Oc1cc(C(C)(C)C)ccn1. The monoisotopic (exact) mass is 325 g/mol. The second-order valence-electron chi connectivity index (χ2n) is 6.91. The van der Waals surface area contributed by atoms with Crippen molar-refractivity contribution in [1.82, 2.24) is 4.98 Å². The molecule has 0 fully saturated rings. The first-order valence-corrected chi connectivity index (χ1v) is 7.84. The predicted octanol–water partition coefficient (Wildman–Crippen LogP) is 5.05. The minimum absolute atomic E-state index is 0.0211. The van der Waals surface area contributed by atoms with E-state index in [2.05, 4.69) is 25.8 Å². The van der Waals surface area contributed by atoms with Crippen LogP contribution in [0.3, 0.4) is 0 Å². The van der Waals surface area contributed by atoms with Gasteiger partial charge < -0.3 is 9.84 Å².